The van der Waals surface area contributed by atoms with Crippen molar-refractivity contribution >= 4 is 48.6 Å². The normalized spacial score (nSPS) is 18.6. The second-order valence-electron chi connectivity index (χ2n) is 19.7. The molecule has 338 valence electrons. The molecule has 3 aliphatic carbocycles. The van der Waals surface area contributed by atoms with Crippen molar-refractivity contribution in [1.82, 2.24) is 0 Å². The third kappa shape index (κ3) is 5.14. The first-order valence-corrected chi connectivity index (χ1v) is 25.8. The Morgan fingerprint density at radius 1 is 0.403 bits per heavy atom. The van der Waals surface area contributed by atoms with E-state index in [0.29, 0.717) is 0 Å². The molecule has 0 saturated carbocycles. The molecule has 0 N–H and O–H groups in total. The molecule has 4 heteroatoms. The first kappa shape index (κ1) is 40.1. The van der Waals surface area contributed by atoms with E-state index in [9.17, 15) is 0 Å². The van der Waals surface area contributed by atoms with E-state index in [1.807, 2.05) is 11.3 Å². The summed E-state index contributed by atoms with van der Waals surface area (Å²) in [5, 5.41) is 2.61. The molecule has 3 heterocycles. The van der Waals surface area contributed by atoms with Crippen molar-refractivity contribution in [1.29, 1.82) is 0 Å². The quantitative estimate of drug-likeness (QED) is 0.175. The molecule has 5 aliphatic rings. The van der Waals surface area contributed by atoms with Crippen LogP contribution in [0.3, 0.4) is 0 Å². The molecule has 16 rings (SSSR count). The number of fused-ring (bicyclic) bond motifs is 21. The van der Waals surface area contributed by atoms with Gasteiger partial charge in [0.2, 0.25) is 0 Å². The lowest BCUT2D eigenvalue weighted by Crippen LogP contribution is -2.47. The monoisotopic (exact) mass is 937 g/mol. The molecular weight excluding hydrogens is 895 g/mol. The zero-order valence-electron chi connectivity index (χ0n) is 39.0. The summed E-state index contributed by atoms with van der Waals surface area (Å²) < 4.78 is 16.3. The van der Waals surface area contributed by atoms with E-state index in [0.717, 1.165) is 45.4 Å². The van der Waals surface area contributed by atoms with Gasteiger partial charge >= 0.3 is 0 Å². The number of thiophene rings is 1. The molecule has 0 bridgehead atoms. The Morgan fingerprint density at radius 3 is 1.71 bits per heavy atom. The number of anilines is 3. The van der Waals surface area contributed by atoms with Crippen LogP contribution in [0.4, 0.5) is 17.1 Å². The summed E-state index contributed by atoms with van der Waals surface area (Å²) in [5.41, 5.74) is 18.2. The van der Waals surface area contributed by atoms with Crippen LogP contribution in [0.1, 0.15) is 38.9 Å². The molecule has 0 fully saturated rings. The summed E-state index contributed by atoms with van der Waals surface area (Å²) >= 11 is 1.88. The lowest BCUT2D eigenvalue weighted by atomic mass is 9.60. The van der Waals surface area contributed by atoms with Crippen molar-refractivity contribution in [2.24, 2.45) is 5.92 Å². The highest BCUT2D eigenvalue weighted by molar-refractivity contribution is 7.26. The Balaban J connectivity index is 0.988. The van der Waals surface area contributed by atoms with E-state index in [1.165, 1.54) is 81.4 Å². The minimum absolute atomic E-state index is 0.0285. The van der Waals surface area contributed by atoms with Crippen molar-refractivity contribution in [3.05, 3.63) is 288 Å². The van der Waals surface area contributed by atoms with Gasteiger partial charge in [0.15, 0.2) is 0 Å². The van der Waals surface area contributed by atoms with E-state index in [2.05, 4.69) is 254 Å². The van der Waals surface area contributed by atoms with Crippen molar-refractivity contribution in [2.75, 3.05) is 4.90 Å². The molecular formula is C68H43NO2S. The highest BCUT2D eigenvalue weighted by Crippen LogP contribution is 2.67. The summed E-state index contributed by atoms with van der Waals surface area (Å²) in [7, 11) is 0. The average molecular weight is 938 g/mol. The maximum atomic E-state index is 6.89. The van der Waals surface area contributed by atoms with Gasteiger partial charge in [-0.3, -0.25) is 0 Å². The lowest BCUT2D eigenvalue weighted by Gasteiger charge is -2.47. The van der Waals surface area contributed by atoms with Gasteiger partial charge in [-0.15, -0.1) is 11.3 Å². The van der Waals surface area contributed by atoms with Crippen molar-refractivity contribution in [3.8, 4) is 50.6 Å². The third-order valence-corrected chi connectivity index (χ3v) is 17.6. The molecule has 0 amide bonds. The Hall–Kier alpha value is -8.70. The minimum atomic E-state index is -0.622. The highest BCUT2D eigenvalue weighted by Gasteiger charge is 2.57. The molecule has 3 unspecified atom stereocenters. The molecule has 72 heavy (non-hydrogen) atoms. The maximum Gasteiger partial charge on any atom is 0.132 e. The Bertz CT molecular complexity index is 4110. The van der Waals surface area contributed by atoms with Gasteiger partial charge in [-0.05, 0) is 99.1 Å². The van der Waals surface area contributed by atoms with Gasteiger partial charge in [0.25, 0.3) is 0 Å². The summed E-state index contributed by atoms with van der Waals surface area (Å²) in [6, 6.07) is 83.2. The molecule has 2 aliphatic heterocycles. The molecule has 10 aromatic carbocycles. The van der Waals surface area contributed by atoms with Crippen molar-refractivity contribution in [3.63, 3.8) is 0 Å². The van der Waals surface area contributed by atoms with Crippen LogP contribution < -0.4 is 14.4 Å². The molecule has 0 radical (unpaired) electrons. The van der Waals surface area contributed by atoms with E-state index >= 15 is 0 Å². The van der Waals surface area contributed by atoms with Crippen LogP contribution >= 0.6 is 11.3 Å². The van der Waals surface area contributed by atoms with Gasteiger partial charge in [0.05, 0.1) is 22.2 Å². The molecule has 2 spiro atoms. The van der Waals surface area contributed by atoms with Crippen LogP contribution in [0.15, 0.2) is 249 Å². The Labute approximate surface area is 421 Å². The van der Waals surface area contributed by atoms with Gasteiger partial charge in [-0.1, -0.05) is 194 Å². The average Bonchev–Trinajstić information content (AvgIpc) is 4.08. The smallest absolute Gasteiger partial charge is 0.132 e. The first-order valence-electron chi connectivity index (χ1n) is 25.0. The number of benzene rings is 10. The van der Waals surface area contributed by atoms with E-state index in [4.69, 9.17) is 9.47 Å². The fourth-order valence-corrected chi connectivity index (χ4v) is 15.0. The molecule has 11 aromatic rings. The number of para-hydroxylation sites is 3. The summed E-state index contributed by atoms with van der Waals surface area (Å²) in [4.78, 5) is 2.57. The van der Waals surface area contributed by atoms with Crippen LogP contribution in [0.5, 0.6) is 17.2 Å². The van der Waals surface area contributed by atoms with E-state index < -0.39 is 10.8 Å². The zero-order chi connectivity index (χ0) is 47.1. The Kier molecular flexibility index (Phi) is 8.30. The molecule has 3 atom stereocenters. The molecule has 1 aromatic heterocycles. The van der Waals surface area contributed by atoms with Crippen LogP contribution in [0.2, 0.25) is 0 Å². The molecule has 0 saturated heterocycles. The number of ether oxygens (including phenoxy) is 2. The van der Waals surface area contributed by atoms with Gasteiger partial charge < -0.3 is 14.4 Å². The predicted molar refractivity (Wildman–Crippen MR) is 295 cm³/mol. The maximum absolute atomic E-state index is 6.89. The van der Waals surface area contributed by atoms with E-state index in [1.54, 1.807) is 0 Å². The SMILES string of the molecule is C1=CC2Oc3ccccc3C3(c4ccccc4-c4c(N(c5ccc(-c6cccc7c6sc6ccccc67)cc5)c5cccc6c5-c5ccccc5C65c6ccccc6Oc6ccccc65)cccc43)C2C=C1. The second kappa shape index (κ2) is 14.9. The van der Waals surface area contributed by atoms with Gasteiger partial charge in [-0.2, -0.15) is 0 Å². The van der Waals surface area contributed by atoms with Crippen LogP contribution in [0, 0.1) is 5.92 Å². The van der Waals surface area contributed by atoms with Crippen molar-refractivity contribution in [2.45, 2.75) is 16.9 Å². The van der Waals surface area contributed by atoms with Crippen molar-refractivity contribution < 1.29 is 9.47 Å². The number of nitrogens with zero attached hydrogens (tertiary/aromatic N) is 1. The largest absolute Gasteiger partial charge is 0.485 e. The number of hydrogen-bond donors (Lipinski definition) is 0. The summed E-state index contributed by atoms with van der Waals surface area (Å²) in [6.07, 6.45) is 8.86. The lowest BCUT2D eigenvalue weighted by molar-refractivity contribution is 0.141. The summed E-state index contributed by atoms with van der Waals surface area (Å²) in [5.74, 6) is 2.73. The number of allylic oxidation sites excluding steroid dienone is 2. The fraction of sp³-hybridized carbons (Fsp3) is 0.0588. The number of hydrogen-bond acceptors (Lipinski definition) is 4. The van der Waals surface area contributed by atoms with E-state index in [-0.39, 0.29) is 12.0 Å². The highest BCUT2D eigenvalue weighted by atomic mass is 32.1. The van der Waals surface area contributed by atoms with Gasteiger partial charge in [0.1, 0.15) is 23.4 Å². The van der Waals surface area contributed by atoms with Crippen LogP contribution in [0.25, 0.3) is 53.6 Å². The van der Waals surface area contributed by atoms with Crippen LogP contribution in [-0.4, -0.2) is 6.10 Å². The van der Waals surface area contributed by atoms with Gasteiger partial charge in [-0.25, -0.2) is 0 Å². The zero-order valence-corrected chi connectivity index (χ0v) is 39.8. The first-order chi connectivity index (χ1) is 35.7. The standard InChI is InChI=1S/C68H43NO2S/c1-4-23-49-47(19-1)64-55(67(49)51-25-6-10-33-59(51)70-60-34-11-7-26-52(60)67)29-16-31-57(64)69(43-40-38-42(39-41-43)44-21-15-22-46-45-18-3-14-37-63(45)72-66(44)46)58-32-17-30-56-65(58)48-20-2-5-24-50(48)68(56)53-27-8-12-35-61(53)71-62-36-13-9-28-54(62)68/h1-41,51,59H. The predicted octanol–water partition coefficient (Wildman–Crippen LogP) is 17.5. The third-order valence-electron chi connectivity index (χ3n) is 16.4. The fourth-order valence-electron chi connectivity index (χ4n) is 13.7. The van der Waals surface area contributed by atoms with Gasteiger partial charge in [0, 0.05) is 59.6 Å². The topological polar surface area (TPSA) is 21.7 Å². The van der Waals surface area contributed by atoms with Crippen LogP contribution in [-0.2, 0) is 10.8 Å². The minimum Gasteiger partial charge on any atom is -0.485 e. The number of rotatable bonds is 4. The summed E-state index contributed by atoms with van der Waals surface area (Å²) in [6.45, 7) is 0. The Morgan fingerprint density at radius 2 is 0.944 bits per heavy atom. The second-order valence-corrected chi connectivity index (χ2v) is 20.7. The molecule has 3 nitrogen and oxygen atoms in total.